The van der Waals surface area contributed by atoms with Crippen molar-refractivity contribution in [2.75, 3.05) is 13.1 Å². The van der Waals surface area contributed by atoms with E-state index in [9.17, 15) is 19.8 Å². The molecule has 0 fully saturated rings. The SMILES string of the molecule is CC(C)(Cc1cc(C(C)(C)C)c(O)c(C(C)(C)C)c1)CN(CC(C)(C)Cc1cc(C(C)(C)C)c(O)c(C(C)(C)C)c1)C(=O)CCCCC(=O)O. The quantitative estimate of drug-likeness (QED) is 0.181. The predicted molar refractivity (Wildman–Crippen MR) is 209 cm³/mol. The number of unbranched alkanes of at least 4 members (excludes halogenated alkanes) is 1. The zero-order valence-electron chi connectivity index (χ0n) is 34.6. The minimum atomic E-state index is -0.840. The third-order valence-corrected chi connectivity index (χ3v) is 9.56. The van der Waals surface area contributed by atoms with Crippen LogP contribution in [0.1, 0.15) is 170 Å². The van der Waals surface area contributed by atoms with Crippen molar-refractivity contribution in [3.63, 3.8) is 0 Å². The van der Waals surface area contributed by atoms with Gasteiger partial charge in [-0.1, -0.05) is 135 Å². The molecule has 0 unspecified atom stereocenters. The van der Waals surface area contributed by atoms with Crippen molar-refractivity contribution in [2.24, 2.45) is 10.8 Å². The Balaban J connectivity index is 2.53. The average molecular weight is 694 g/mol. The van der Waals surface area contributed by atoms with Crippen molar-refractivity contribution in [3.8, 4) is 11.5 Å². The molecule has 1 amide bonds. The number of nitrogens with zero attached hydrogens (tertiary/aromatic N) is 1. The fraction of sp³-hybridized carbons (Fsp3) is 0.682. The number of aromatic hydroxyl groups is 2. The van der Waals surface area contributed by atoms with Crippen LogP contribution < -0.4 is 0 Å². The number of phenols is 2. The molecule has 0 bridgehead atoms. The first-order chi connectivity index (χ1) is 22.3. The smallest absolute Gasteiger partial charge is 0.303 e. The molecule has 0 saturated carbocycles. The summed E-state index contributed by atoms with van der Waals surface area (Å²) >= 11 is 0. The lowest BCUT2D eigenvalue weighted by atomic mass is 9.75. The second kappa shape index (κ2) is 15.3. The Morgan fingerprint density at radius 1 is 0.520 bits per heavy atom. The molecule has 2 rings (SSSR count). The van der Waals surface area contributed by atoms with E-state index in [1.807, 2.05) is 4.90 Å². The first-order valence-corrected chi connectivity index (χ1v) is 18.6. The maximum Gasteiger partial charge on any atom is 0.303 e. The predicted octanol–water partition coefficient (Wildman–Crippen LogP) is 10.6. The van der Waals surface area contributed by atoms with Crippen molar-refractivity contribution in [1.29, 1.82) is 0 Å². The molecule has 0 spiro atoms. The summed E-state index contributed by atoms with van der Waals surface area (Å²) in [7, 11) is 0. The largest absolute Gasteiger partial charge is 0.507 e. The van der Waals surface area contributed by atoms with Crippen LogP contribution in [0.3, 0.4) is 0 Å². The van der Waals surface area contributed by atoms with Gasteiger partial charge in [-0.05, 0) is 91.6 Å². The van der Waals surface area contributed by atoms with Crippen molar-refractivity contribution in [3.05, 3.63) is 57.6 Å². The second-order valence-corrected chi connectivity index (χ2v) is 20.6. The molecule has 2 aromatic rings. The van der Waals surface area contributed by atoms with Crippen LogP contribution in [0.15, 0.2) is 24.3 Å². The van der Waals surface area contributed by atoms with E-state index in [2.05, 4.69) is 135 Å². The summed E-state index contributed by atoms with van der Waals surface area (Å²) in [6.45, 7) is 35.4. The van der Waals surface area contributed by atoms with Gasteiger partial charge < -0.3 is 20.2 Å². The van der Waals surface area contributed by atoms with Crippen LogP contribution in [0.5, 0.6) is 11.5 Å². The summed E-state index contributed by atoms with van der Waals surface area (Å²) in [5, 5.41) is 31.8. The standard InChI is InChI=1S/C44H71NO5/c1-39(2,3)31-21-29(22-32(37(31)49)40(4,5)6)25-43(13,14)27-45(35(46)19-17-18-20-36(47)48)28-44(15,16)26-30-23-33(41(7,8)9)38(50)34(24-30)42(10,11)12/h21-24,49-50H,17-20,25-28H2,1-16H3,(H,47,48). The van der Waals surface area contributed by atoms with Crippen molar-refractivity contribution in [1.82, 2.24) is 4.90 Å². The van der Waals surface area contributed by atoms with Crippen molar-refractivity contribution in [2.45, 2.75) is 171 Å². The van der Waals surface area contributed by atoms with E-state index < -0.39 is 5.97 Å². The molecule has 6 nitrogen and oxygen atoms in total. The number of carboxylic acids is 1. The molecule has 0 saturated heterocycles. The normalized spacial score (nSPS) is 13.4. The van der Waals surface area contributed by atoms with Gasteiger partial charge in [-0.25, -0.2) is 0 Å². The molecule has 282 valence electrons. The second-order valence-electron chi connectivity index (χ2n) is 20.6. The van der Waals surface area contributed by atoms with E-state index in [0.717, 1.165) is 46.2 Å². The number of rotatable bonds is 13. The summed E-state index contributed by atoms with van der Waals surface area (Å²) in [5.74, 6) is -0.0628. The minimum Gasteiger partial charge on any atom is -0.507 e. The zero-order chi connectivity index (χ0) is 38.8. The van der Waals surface area contributed by atoms with Gasteiger partial charge in [-0.3, -0.25) is 9.59 Å². The van der Waals surface area contributed by atoms with Gasteiger partial charge in [-0.15, -0.1) is 0 Å². The highest BCUT2D eigenvalue weighted by molar-refractivity contribution is 5.76. The van der Waals surface area contributed by atoms with E-state index in [0.29, 0.717) is 43.9 Å². The summed E-state index contributed by atoms with van der Waals surface area (Å²) in [6, 6.07) is 8.55. The molecule has 0 radical (unpaired) electrons. The molecular weight excluding hydrogens is 622 g/mol. The number of amides is 1. The van der Waals surface area contributed by atoms with Crippen LogP contribution in [-0.2, 0) is 44.1 Å². The highest BCUT2D eigenvalue weighted by atomic mass is 16.4. The van der Waals surface area contributed by atoms with E-state index in [1.54, 1.807) is 0 Å². The minimum absolute atomic E-state index is 0.0458. The summed E-state index contributed by atoms with van der Waals surface area (Å²) in [6.07, 6.45) is 2.83. The van der Waals surface area contributed by atoms with Gasteiger partial charge in [0, 0.05) is 25.9 Å². The van der Waals surface area contributed by atoms with Crippen LogP contribution in [0.4, 0.5) is 0 Å². The van der Waals surface area contributed by atoms with Gasteiger partial charge in [0.05, 0.1) is 0 Å². The molecule has 0 aromatic heterocycles. The number of carbonyl (C=O) groups is 2. The van der Waals surface area contributed by atoms with Gasteiger partial charge in [0.2, 0.25) is 5.91 Å². The molecule has 6 heteroatoms. The van der Waals surface area contributed by atoms with E-state index >= 15 is 0 Å². The van der Waals surface area contributed by atoms with Crippen LogP contribution in [-0.4, -0.2) is 45.2 Å². The number of aliphatic carboxylic acids is 1. The Hall–Kier alpha value is -3.02. The van der Waals surface area contributed by atoms with E-state index in [-0.39, 0.29) is 44.8 Å². The van der Waals surface area contributed by atoms with Crippen molar-refractivity contribution >= 4 is 11.9 Å². The topological polar surface area (TPSA) is 98.1 Å². The number of benzene rings is 2. The van der Waals surface area contributed by atoms with Gasteiger partial charge in [0.15, 0.2) is 0 Å². The Kier molecular flexibility index (Phi) is 13.2. The molecule has 0 aliphatic rings. The van der Waals surface area contributed by atoms with Gasteiger partial charge in [-0.2, -0.15) is 0 Å². The molecule has 0 aliphatic carbocycles. The monoisotopic (exact) mass is 694 g/mol. The highest BCUT2D eigenvalue weighted by Gasteiger charge is 2.34. The van der Waals surface area contributed by atoms with Crippen LogP contribution >= 0.6 is 0 Å². The van der Waals surface area contributed by atoms with Crippen LogP contribution in [0.25, 0.3) is 0 Å². The summed E-state index contributed by atoms with van der Waals surface area (Å²) in [4.78, 5) is 27.2. The number of phenolic OH excluding ortho intramolecular Hbond substituents is 2. The van der Waals surface area contributed by atoms with Gasteiger partial charge >= 0.3 is 5.97 Å². The first kappa shape index (κ1) is 43.1. The fourth-order valence-electron chi connectivity index (χ4n) is 7.07. The third kappa shape index (κ3) is 12.3. The Morgan fingerprint density at radius 3 is 1.06 bits per heavy atom. The van der Waals surface area contributed by atoms with Crippen LogP contribution in [0, 0.1) is 10.8 Å². The molecule has 0 aliphatic heterocycles. The Bertz CT molecular complexity index is 1340. The molecule has 0 atom stereocenters. The Labute approximate surface area is 305 Å². The Morgan fingerprint density at radius 2 is 0.800 bits per heavy atom. The number of carboxylic acid groups (broad SMARTS) is 1. The molecule has 50 heavy (non-hydrogen) atoms. The highest BCUT2D eigenvalue weighted by Crippen LogP contribution is 2.43. The van der Waals surface area contributed by atoms with E-state index in [4.69, 9.17) is 5.11 Å². The number of hydrogen-bond donors (Lipinski definition) is 3. The molecule has 0 heterocycles. The zero-order valence-corrected chi connectivity index (χ0v) is 34.6. The lowest BCUT2D eigenvalue weighted by Gasteiger charge is -2.39. The molecule has 2 aromatic carbocycles. The maximum absolute atomic E-state index is 14.0. The number of carbonyl (C=O) groups excluding carboxylic acids is 1. The number of hydrogen-bond acceptors (Lipinski definition) is 4. The van der Waals surface area contributed by atoms with E-state index in [1.165, 1.54) is 0 Å². The summed E-state index contributed by atoms with van der Waals surface area (Å²) < 4.78 is 0. The average Bonchev–Trinajstić information content (AvgIpc) is 2.89. The maximum atomic E-state index is 14.0. The summed E-state index contributed by atoms with van der Waals surface area (Å²) in [5.41, 5.74) is 4.50. The third-order valence-electron chi connectivity index (χ3n) is 9.56. The fourth-order valence-corrected chi connectivity index (χ4v) is 7.07. The van der Waals surface area contributed by atoms with Crippen molar-refractivity contribution < 1.29 is 24.9 Å². The van der Waals surface area contributed by atoms with Gasteiger partial charge in [0.1, 0.15) is 11.5 Å². The molecular formula is C44H71NO5. The lowest BCUT2D eigenvalue weighted by Crippen LogP contribution is -2.45. The van der Waals surface area contributed by atoms with Crippen LogP contribution in [0.2, 0.25) is 0 Å². The lowest BCUT2D eigenvalue weighted by molar-refractivity contribution is -0.138. The van der Waals surface area contributed by atoms with Gasteiger partial charge in [0.25, 0.3) is 0 Å². The molecule has 3 N–H and O–H groups in total. The first-order valence-electron chi connectivity index (χ1n) is 18.6.